The summed E-state index contributed by atoms with van der Waals surface area (Å²) in [6.07, 6.45) is 2.19. The molecule has 5 nitrogen and oxygen atoms in total. The van der Waals surface area contributed by atoms with Crippen molar-refractivity contribution in [3.63, 3.8) is 0 Å². The smallest absolute Gasteiger partial charge is 0.240 e. The quantitative estimate of drug-likeness (QED) is 0.701. The number of ether oxygens (including phenoxy) is 1. The van der Waals surface area contributed by atoms with Gasteiger partial charge in [0.05, 0.1) is 16.5 Å². The number of hydrogen-bond donors (Lipinski definition) is 2. The molecule has 0 unspecified atom stereocenters. The molecule has 7 heteroatoms. The largest absolute Gasteiger partial charge is 0.496 e. The van der Waals surface area contributed by atoms with Gasteiger partial charge in [-0.3, -0.25) is 0 Å². The highest BCUT2D eigenvalue weighted by Gasteiger charge is 2.15. The van der Waals surface area contributed by atoms with Crippen LogP contribution in [0.2, 0.25) is 0 Å². The van der Waals surface area contributed by atoms with Crippen LogP contribution in [0.5, 0.6) is 5.75 Å². The van der Waals surface area contributed by atoms with Gasteiger partial charge >= 0.3 is 0 Å². The second-order valence-electron chi connectivity index (χ2n) is 3.98. The molecule has 0 saturated heterocycles. The van der Waals surface area contributed by atoms with Crippen molar-refractivity contribution in [2.45, 2.75) is 24.2 Å². The molecule has 0 amide bonds. The lowest BCUT2D eigenvalue weighted by Crippen LogP contribution is -2.24. The van der Waals surface area contributed by atoms with Gasteiger partial charge in [-0.05, 0) is 53.4 Å². The minimum atomic E-state index is -3.49. The Hall–Kier alpha value is -0.630. The van der Waals surface area contributed by atoms with Gasteiger partial charge in [-0.25, -0.2) is 13.1 Å². The predicted molar refractivity (Wildman–Crippen MR) is 76.8 cm³/mol. The maximum absolute atomic E-state index is 12.0. The third kappa shape index (κ3) is 5.10. The van der Waals surface area contributed by atoms with E-state index in [-0.39, 0.29) is 11.5 Å². The third-order valence-corrected chi connectivity index (χ3v) is 4.64. The summed E-state index contributed by atoms with van der Waals surface area (Å²) >= 11 is 3.26. The van der Waals surface area contributed by atoms with Gasteiger partial charge in [0.2, 0.25) is 10.0 Å². The fourth-order valence-electron chi connectivity index (χ4n) is 1.52. The van der Waals surface area contributed by atoms with Crippen LogP contribution in [0, 0.1) is 0 Å². The molecule has 2 N–H and O–H groups in total. The van der Waals surface area contributed by atoms with Crippen molar-refractivity contribution in [2.75, 3.05) is 20.3 Å². The fraction of sp³-hybridized carbons (Fsp3) is 0.500. The van der Waals surface area contributed by atoms with E-state index in [1.807, 2.05) is 0 Å². The van der Waals surface area contributed by atoms with E-state index in [0.717, 1.165) is 6.42 Å². The van der Waals surface area contributed by atoms with Crippen molar-refractivity contribution in [3.8, 4) is 5.75 Å². The van der Waals surface area contributed by atoms with Crippen molar-refractivity contribution in [1.82, 2.24) is 4.72 Å². The highest BCUT2D eigenvalue weighted by Crippen LogP contribution is 2.27. The molecule has 0 fully saturated rings. The molecule has 0 radical (unpaired) electrons. The number of sulfonamides is 1. The fourth-order valence-corrected chi connectivity index (χ4v) is 3.31. The van der Waals surface area contributed by atoms with Gasteiger partial charge in [-0.2, -0.15) is 0 Å². The van der Waals surface area contributed by atoms with Crippen LogP contribution in [0.25, 0.3) is 0 Å². The Morgan fingerprint density at radius 3 is 2.63 bits per heavy atom. The van der Waals surface area contributed by atoms with Crippen LogP contribution in [0.3, 0.4) is 0 Å². The van der Waals surface area contributed by atoms with E-state index in [0.29, 0.717) is 29.6 Å². The van der Waals surface area contributed by atoms with Crippen LogP contribution in [-0.4, -0.2) is 33.8 Å². The summed E-state index contributed by atoms with van der Waals surface area (Å²) in [7, 11) is -1.97. The highest BCUT2D eigenvalue weighted by atomic mass is 79.9. The van der Waals surface area contributed by atoms with Gasteiger partial charge in [-0.1, -0.05) is 0 Å². The summed E-state index contributed by atoms with van der Waals surface area (Å²) in [6, 6.07) is 4.61. The number of hydrogen-bond acceptors (Lipinski definition) is 4. The van der Waals surface area contributed by atoms with Crippen LogP contribution in [0.4, 0.5) is 0 Å². The van der Waals surface area contributed by atoms with Crippen molar-refractivity contribution < 1.29 is 18.3 Å². The zero-order valence-electron chi connectivity index (χ0n) is 10.7. The molecular formula is C12H18BrNO4S. The van der Waals surface area contributed by atoms with E-state index < -0.39 is 10.0 Å². The highest BCUT2D eigenvalue weighted by molar-refractivity contribution is 9.10. The van der Waals surface area contributed by atoms with Gasteiger partial charge in [0.25, 0.3) is 0 Å². The Morgan fingerprint density at radius 2 is 2.05 bits per heavy atom. The van der Waals surface area contributed by atoms with Gasteiger partial charge in [0, 0.05) is 13.2 Å². The molecule has 108 valence electrons. The van der Waals surface area contributed by atoms with Crippen molar-refractivity contribution in [2.24, 2.45) is 0 Å². The molecule has 1 aromatic carbocycles. The Kier molecular flexibility index (Phi) is 6.78. The number of aliphatic hydroxyl groups excluding tert-OH is 1. The lowest BCUT2D eigenvalue weighted by atomic mass is 10.2. The number of aliphatic hydroxyl groups is 1. The first kappa shape index (κ1) is 16.4. The zero-order chi connectivity index (χ0) is 14.3. The van der Waals surface area contributed by atoms with E-state index in [2.05, 4.69) is 20.7 Å². The Labute approximate surface area is 122 Å². The van der Waals surface area contributed by atoms with Gasteiger partial charge < -0.3 is 9.84 Å². The maximum Gasteiger partial charge on any atom is 0.240 e. The predicted octanol–water partition coefficient (Wildman–Crippen LogP) is 1.90. The van der Waals surface area contributed by atoms with Crippen LogP contribution in [0.15, 0.2) is 27.6 Å². The Balaban J connectivity index is 2.64. The molecule has 0 heterocycles. The normalized spacial score (nSPS) is 11.5. The molecule has 1 rings (SSSR count). The minimum absolute atomic E-state index is 0.137. The first-order chi connectivity index (χ1) is 9.01. The first-order valence-corrected chi connectivity index (χ1v) is 8.23. The summed E-state index contributed by atoms with van der Waals surface area (Å²) in [6.45, 7) is 0.504. The van der Waals surface area contributed by atoms with E-state index >= 15 is 0 Å². The SMILES string of the molecule is COc1ccc(S(=O)(=O)NCCCCCO)cc1Br. The molecule has 0 atom stereocenters. The second kappa shape index (κ2) is 7.84. The molecule has 1 aromatic rings. The second-order valence-corrected chi connectivity index (χ2v) is 6.60. The summed E-state index contributed by atoms with van der Waals surface area (Å²) in [4.78, 5) is 0.197. The molecule has 0 aliphatic rings. The number of rotatable bonds is 8. The number of halogens is 1. The van der Waals surface area contributed by atoms with E-state index in [1.54, 1.807) is 6.07 Å². The van der Waals surface area contributed by atoms with Crippen LogP contribution in [-0.2, 0) is 10.0 Å². The van der Waals surface area contributed by atoms with Gasteiger partial charge in [0.1, 0.15) is 5.75 Å². The number of benzene rings is 1. The zero-order valence-corrected chi connectivity index (χ0v) is 13.1. The lowest BCUT2D eigenvalue weighted by molar-refractivity contribution is 0.283. The molecular weight excluding hydrogens is 334 g/mol. The van der Waals surface area contributed by atoms with Gasteiger partial charge in [0.15, 0.2) is 0 Å². The maximum atomic E-state index is 12.0. The number of nitrogens with one attached hydrogen (secondary N) is 1. The minimum Gasteiger partial charge on any atom is -0.496 e. The van der Waals surface area contributed by atoms with E-state index in [1.165, 1.54) is 19.2 Å². The number of methoxy groups -OCH3 is 1. The summed E-state index contributed by atoms with van der Waals surface area (Å²) < 4.78 is 32.2. The topological polar surface area (TPSA) is 75.6 Å². The molecule has 0 bridgehead atoms. The van der Waals surface area contributed by atoms with Crippen molar-refractivity contribution >= 4 is 26.0 Å². The number of unbranched alkanes of at least 4 members (excludes halogenated alkanes) is 2. The monoisotopic (exact) mass is 351 g/mol. The average Bonchev–Trinajstić information content (AvgIpc) is 2.38. The van der Waals surface area contributed by atoms with Crippen LogP contribution >= 0.6 is 15.9 Å². The average molecular weight is 352 g/mol. The first-order valence-electron chi connectivity index (χ1n) is 5.95. The van der Waals surface area contributed by atoms with Crippen LogP contribution in [0.1, 0.15) is 19.3 Å². The molecule has 19 heavy (non-hydrogen) atoms. The summed E-state index contributed by atoms with van der Waals surface area (Å²) in [5.74, 6) is 0.585. The molecule has 0 saturated carbocycles. The molecule has 0 spiro atoms. The third-order valence-electron chi connectivity index (χ3n) is 2.56. The Morgan fingerprint density at radius 1 is 1.32 bits per heavy atom. The lowest BCUT2D eigenvalue weighted by Gasteiger charge is -2.09. The standard InChI is InChI=1S/C12H18BrNO4S/c1-18-12-6-5-10(9-11(12)13)19(16,17)14-7-3-2-4-8-15/h5-6,9,14-15H,2-4,7-8H2,1H3. The van der Waals surface area contributed by atoms with E-state index in [4.69, 9.17) is 9.84 Å². The molecule has 0 aliphatic carbocycles. The van der Waals surface area contributed by atoms with Crippen molar-refractivity contribution in [1.29, 1.82) is 0 Å². The molecule has 0 aliphatic heterocycles. The van der Waals surface area contributed by atoms with Crippen LogP contribution < -0.4 is 9.46 Å². The summed E-state index contributed by atoms with van der Waals surface area (Å²) in [5, 5.41) is 8.63. The van der Waals surface area contributed by atoms with Gasteiger partial charge in [-0.15, -0.1) is 0 Å². The Bertz CT molecular complexity index is 504. The summed E-state index contributed by atoms with van der Waals surface area (Å²) in [5.41, 5.74) is 0. The molecule has 0 aromatic heterocycles. The van der Waals surface area contributed by atoms with Crippen molar-refractivity contribution in [3.05, 3.63) is 22.7 Å². The van der Waals surface area contributed by atoms with E-state index in [9.17, 15) is 8.42 Å².